The number of nitrogens with zero attached hydrogens (tertiary/aromatic N) is 1. The van der Waals surface area contributed by atoms with Crippen LogP contribution in [-0.2, 0) is 16.4 Å². The fourth-order valence-corrected chi connectivity index (χ4v) is 2.26. The molecule has 0 aromatic heterocycles. The molecule has 0 radical (unpaired) electrons. The highest BCUT2D eigenvalue weighted by atomic mass is 32.2. The van der Waals surface area contributed by atoms with Gasteiger partial charge in [-0.2, -0.15) is 0 Å². The molecular formula is C14H23FN4O2S. The fourth-order valence-electron chi connectivity index (χ4n) is 1.75. The first-order chi connectivity index (χ1) is 10.4. The van der Waals surface area contributed by atoms with Crippen molar-refractivity contribution in [3.05, 3.63) is 35.6 Å². The minimum Gasteiger partial charge on any atom is -0.356 e. The number of rotatable bonds is 8. The topological polar surface area (TPSA) is 82.6 Å². The van der Waals surface area contributed by atoms with Crippen LogP contribution in [0.2, 0.25) is 0 Å². The molecule has 3 N–H and O–H groups in total. The lowest BCUT2D eigenvalue weighted by Gasteiger charge is -2.12. The monoisotopic (exact) mass is 330 g/mol. The van der Waals surface area contributed by atoms with Gasteiger partial charge in [-0.15, -0.1) is 0 Å². The SMILES string of the molecule is CN=C(NCCCNS(C)(=O)=O)NCCc1ccc(F)cc1. The van der Waals surface area contributed by atoms with Crippen LogP contribution in [0.3, 0.4) is 0 Å². The summed E-state index contributed by atoms with van der Waals surface area (Å²) in [4.78, 5) is 4.08. The number of nitrogens with one attached hydrogen (secondary N) is 3. The number of hydrogen-bond donors (Lipinski definition) is 3. The zero-order valence-corrected chi connectivity index (χ0v) is 13.7. The number of benzene rings is 1. The van der Waals surface area contributed by atoms with Crippen LogP contribution in [0.1, 0.15) is 12.0 Å². The molecule has 1 aromatic carbocycles. The van der Waals surface area contributed by atoms with Crippen molar-refractivity contribution in [2.75, 3.05) is 32.9 Å². The molecule has 1 rings (SSSR count). The minimum absolute atomic E-state index is 0.239. The average molecular weight is 330 g/mol. The second-order valence-electron chi connectivity index (χ2n) is 4.82. The number of sulfonamides is 1. The molecule has 0 spiro atoms. The summed E-state index contributed by atoms with van der Waals surface area (Å²) >= 11 is 0. The summed E-state index contributed by atoms with van der Waals surface area (Å²) in [7, 11) is -1.46. The first-order valence-electron chi connectivity index (χ1n) is 7.04. The Kier molecular flexibility index (Phi) is 7.83. The predicted octanol–water partition coefficient (Wildman–Crippen LogP) is 0.473. The van der Waals surface area contributed by atoms with Crippen molar-refractivity contribution in [2.24, 2.45) is 4.99 Å². The predicted molar refractivity (Wildman–Crippen MR) is 86.9 cm³/mol. The fraction of sp³-hybridized carbons (Fsp3) is 0.500. The van der Waals surface area contributed by atoms with Gasteiger partial charge in [0.2, 0.25) is 10.0 Å². The Hall–Kier alpha value is -1.67. The van der Waals surface area contributed by atoms with Crippen LogP contribution in [0.4, 0.5) is 4.39 Å². The van der Waals surface area contributed by atoms with Crippen LogP contribution in [0, 0.1) is 5.82 Å². The van der Waals surface area contributed by atoms with Gasteiger partial charge < -0.3 is 10.6 Å². The van der Waals surface area contributed by atoms with Crippen molar-refractivity contribution in [1.82, 2.24) is 15.4 Å². The molecular weight excluding hydrogens is 307 g/mol. The molecule has 0 unspecified atom stereocenters. The summed E-state index contributed by atoms with van der Waals surface area (Å²) < 4.78 is 37.0. The van der Waals surface area contributed by atoms with Crippen molar-refractivity contribution < 1.29 is 12.8 Å². The third kappa shape index (κ3) is 8.58. The first kappa shape index (κ1) is 18.4. The third-order valence-electron chi connectivity index (χ3n) is 2.85. The molecule has 0 fully saturated rings. The Balaban J connectivity index is 2.18. The van der Waals surface area contributed by atoms with Gasteiger partial charge in [-0.05, 0) is 30.5 Å². The van der Waals surface area contributed by atoms with Gasteiger partial charge in [-0.3, -0.25) is 4.99 Å². The first-order valence-corrected chi connectivity index (χ1v) is 8.93. The van der Waals surface area contributed by atoms with E-state index in [-0.39, 0.29) is 5.82 Å². The molecule has 0 amide bonds. The molecule has 6 nitrogen and oxygen atoms in total. The van der Waals surface area contributed by atoms with Crippen molar-refractivity contribution in [2.45, 2.75) is 12.8 Å². The summed E-state index contributed by atoms with van der Waals surface area (Å²) in [6.07, 6.45) is 2.55. The zero-order valence-electron chi connectivity index (χ0n) is 12.9. The number of hydrogen-bond acceptors (Lipinski definition) is 3. The Bertz CT molecular complexity index is 573. The molecule has 0 atom stereocenters. The Morgan fingerprint density at radius 1 is 1.14 bits per heavy atom. The highest BCUT2D eigenvalue weighted by Gasteiger charge is 2.00. The van der Waals surface area contributed by atoms with Crippen LogP contribution in [0.15, 0.2) is 29.3 Å². The van der Waals surface area contributed by atoms with E-state index in [9.17, 15) is 12.8 Å². The lowest BCUT2D eigenvalue weighted by atomic mass is 10.1. The Labute approximate surface area is 131 Å². The molecule has 0 saturated carbocycles. The van der Waals surface area contributed by atoms with Crippen LogP contribution in [-0.4, -0.2) is 47.3 Å². The molecule has 0 heterocycles. The lowest BCUT2D eigenvalue weighted by Crippen LogP contribution is -2.39. The quantitative estimate of drug-likeness (QED) is 0.368. The standard InChI is InChI=1S/C14H23FN4O2S/c1-16-14(17-9-3-10-19-22(2,20)21)18-11-8-12-4-6-13(15)7-5-12/h4-7,19H,3,8-11H2,1-2H3,(H2,16,17,18). The third-order valence-corrected chi connectivity index (χ3v) is 3.58. The van der Waals surface area contributed by atoms with Crippen LogP contribution >= 0.6 is 0 Å². The zero-order chi connectivity index (χ0) is 16.4. The van der Waals surface area contributed by atoms with Gasteiger partial charge in [0.15, 0.2) is 5.96 Å². The van der Waals surface area contributed by atoms with Crippen molar-refractivity contribution in [3.63, 3.8) is 0 Å². The lowest BCUT2D eigenvalue weighted by molar-refractivity contribution is 0.584. The van der Waals surface area contributed by atoms with E-state index in [2.05, 4.69) is 20.3 Å². The van der Waals surface area contributed by atoms with Crippen molar-refractivity contribution in [1.29, 1.82) is 0 Å². The van der Waals surface area contributed by atoms with Gasteiger partial charge in [0.05, 0.1) is 6.26 Å². The molecule has 1 aromatic rings. The Morgan fingerprint density at radius 2 is 1.77 bits per heavy atom. The van der Waals surface area contributed by atoms with E-state index in [0.717, 1.165) is 18.2 Å². The van der Waals surface area contributed by atoms with Gasteiger partial charge in [0.1, 0.15) is 5.82 Å². The number of aliphatic imine (C=N–C) groups is 1. The van der Waals surface area contributed by atoms with E-state index in [1.165, 1.54) is 12.1 Å². The van der Waals surface area contributed by atoms with Gasteiger partial charge in [-0.1, -0.05) is 12.1 Å². The van der Waals surface area contributed by atoms with E-state index in [4.69, 9.17) is 0 Å². The van der Waals surface area contributed by atoms with E-state index in [1.54, 1.807) is 19.2 Å². The molecule has 0 aliphatic carbocycles. The number of guanidine groups is 1. The smallest absolute Gasteiger partial charge is 0.208 e. The molecule has 8 heteroatoms. The summed E-state index contributed by atoms with van der Waals surface area (Å²) in [6.45, 7) is 1.67. The van der Waals surface area contributed by atoms with Crippen LogP contribution in [0.5, 0.6) is 0 Å². The normalized spacial score (nSPS) is 12.2. The summed E-state index contributed by atoms with van der Waals surface area (Å²) in [5.41, 5.74) is 1.04. The highest BCUT2D eigenvalue weighted by Crippen LogP contribution is 2.02. The van der Waals surface area contributed by atoms with Crippen LogP contribution in [0.25, 0.3) is 0 Å². The second kappa shape index (κ2) is 9.37. The van der Waals surface area contributed by atoms with Gasteiger partial charge in [-0.25, -0.2) is 17.5 Å². The molecule has 22 heavy (non-hydrogen) atoms. The van der Waals surface area contributed by atoms with E-state index >= 15 is 0 Å². The maximum atomic E-state index is 12.8. The van der Waals surface area contributed by atoms with E-state index in [0.29, 0.717) is 32.0 Å². The molecule has 0 aliphatic rings. The van der Waals surface area contributed by atoms with Gasteiger partial charge in [0.25, 0.3) is 0 Å². The van der Waals surface area contributed by atoms with Gasteiger partial charge in [0, 0.05) is 26.7 Å². The molecule has 0 saturated heterocycles. The maximum absolute atomic E-state index is 12.8. The largest absolute Gasteiger partial charge is 0.356 e. The summed E-state index contributed by atoms with van der Waals surface area (Å²) in [5.74, 6) is 0.415. The molecule has 0 bridgehead atoms. The van der Waals surface area contributed by atoms with E-state index in [1.807, 2.05) is 0 Å². The minimum atomic E-state index is -3.13. The van der Waals surface area contributed by atoms with Crippen molar-refractivity contribution >= 4 is 16.0 Å². The summed E-state index contributed by atoms with van der Waals surface area (Å²) in [6, 6.07) is 6.39. The molecule has 0 aliphatic heterocycles. The second-order valence-corrected chi connectivity index (χ2v) is 6.66. The van der Waals surface area contributed by atoms with Gasteiger partial charge >= 0.3 is 0 Å². The molecule has 124 valence electrons. The number of halogens is 1. The Morgan fingerprint density at radius 3 is 2.36 bits per heavy atom. The average Bonchev–Trinajstić information content (AvgIpc) is 2.46. The van der Waals surface area contributed by atoms with Crippen molar-refractivity contribution in [3.8, 4) is 0 Å². The maximum Gasteiger partial charge on any atom is 0.208 e. The van der Waals surface area contributed by atoms with E-state index < -0.39 is 10.0 Å². The summed E-state index contributed by atoms with van der Waals surface area (Å²) in [5, 5.41) is 6.24. The highest BCUT2D eigenvalue weighted by molar-refractivity contribution is 7.88. The van der Waals surface area contributed by atoms with Crippen LogP contribution < -0.4 is 15.4 Å².